The summed E-state index contributed by atoms with van der Waals surface area (Å²) in [5, 5.41) is 6.04. The molecule has 4 nitrogen and oxygen atoms in total. The summed E-state index contributed by atoms with van der Waals surface area (Å²) in [7, 11) is 0. The third-order valence-electron chi connectivity index (χ3n) is 3.11. The number of nitrogen functional groups attached to an aromatic ring is 1. The minimum absolute atomic E-state index is 0.115. The van der Waals surface area contributed by atoms with Crippen LogP contribution in [0.2, 0.25) is 0 Å². The van der Waals surface area contributed by atoms with E-state index < -0.39 is 0 Å². The van der Waals surface area contributed by atoms with E-state index in [9.17, 15) is 4.79 Å². The van der Waals surface area contributed by atoms with E-state index in [2.05, 4.69) is 26.6 Å². The molecule has 5 heteroatoms. The fraction of sp³-hybridized carbons (Fsp3) is 0.188. The molecule has 0 aromatic heterocycles. The lowest BCUT2D eigenvalue weighted by Gasteiger charge is -2.13. The van der Waals surface area contributed by atoms with Gasteiger partial charge in [-0.3, -0.25) is 4.79 Å². The van der Waals surface area contributed by atoms with Crippen LogP contribution in [0.15, 0.2) is 40.9 Å². The Morgan fingerprint density at radius 2 is 1.90 bits per heavy atom. The van der Waals surface area contributed by atoms with E-state index in [1.165, 1.54) is 0 Å². The van der Waals surface area contributed by atoms with Crippen molar-refractivity contribution in [1.82, 2.24) is 5.32 Å². The lowest BCUT2D eigenvalue weighted by atomic mass is 10.1. The monoisotopic (exact) mass is 347 g/mol. The summed E-state index contributed by atoms with van der Waals surface area (Å²) in [6, 6.07) is 11.2. The fourth-order valence-corrected chi connectivity index (χ4v) is 2.47. The van der Waals surface area contributed by atoms with Crippen molar-refractivity contribution in [3.8, 4) is 0 Å². The first-order valence-corrected chi connectivity index (χ1v) is 7.51. The number of carbonyl (C=O) groups excluding carboxylic acids is 1. The topological polar surface area (TPSA) is 67.2 Å². The number of carbonyl (C=O) groups is 1. The van der Waals surface area contributed by atoms with Gasteiger partial charge in [-0.25, -0.2) is 0 Å². The second kappa shape index (κ2) is 6.63. The normalized spacial score (nSPS) is 10.2. The average Bonchev–Trinajstić information content (AvgIpc) is 2.44. The minimum atomic E-state index is -0.115. The molecule has 2 rings (SSSR count). The number of aryl methyl sites for hydroxylation is 1. The Bertz CT molecular complexity index is 671. The van der Waals surface area contributed by atoms with Crippen molar-refractivity contribution < 1.29 is 4.79 Å². The van der Waals surface area contributed by atoms with E-state index >= 15 is 0 Å². The number of nitrogens with one attached hydrogen (secondary N) is 2. The van der Waals surface area contributed by atoms with Crippen molar-refractivity contribution in [3.05, 3.63) is 52.0 Å². The van der Waals surface area contributed by atoms with E-state index in [1.807, 2.05) is 38.1 Å². The van der Waals surface area contributed by atoms with E-state index in [1.54, 1.807) is 12.1 Å². The van der Waals surface area contributed by atoms with Gasteiger partial charge in [-0.2, -0.15) is 0 Å². The van der Waals surface area contributed by atoms with Crippen molar-refractivity contribution in [1.29, 1.82) is 0 Å². The number of hydrogen-bond acceptors (Lipinski definition) is 3. The molecule has 1 amide bonds. The summed E-state index contributed by atoms with van der Waals surface area (Å²) in [6.07, 6.45) is 0. The molecule has 110 valence electrons. The van der Waals surface area contributed by atoms with Gasteiger partial charge < -0.3 is 16.4 Å². The number of amides is 1. The molecule has 0 fully saturated rings. The molecule has 0 unspecified atom stereocenters. The van der Waals surface area contributed by atoms with Crippen LogP contribution in [-0.2, 0) is 0 Å². The summed E-state index contributed by atoms with van der Waals surface area (Å²) in [4.78, 5) is 11.8. The van der Waals surface area contributed by atoms with Gasteiger partial charge in [-0.15, -0.1) is 0 Å². The van der Waals surface area contributed by atoms with Crippen molar-refractivity contribution in [2.45, 2.75) is 13.8 Å². The standard InChI is InChI=1S/C16H18BrN3O/c1-3-19-16(21)11-4-6-15(13(18)9-11)20-14-7-5-12(17)8-10(14)2/h4-9,20H,3,18H2,1-2H3,(H,19,21). The fourth-order valence-electron chi connectivity index (χ4n) is 1.99. The number of rotatable bonds is 4. The van der Waals surface area contributed by atoms with Gasteiger partial charge in [0.2, 0.25) is 0 Å². The first-order valence-electron chi connectivity index (χ1n) is 6.72. The highest BCUT2D eigenvalue weighted by atomic mass is 79.9. The van der Waals surface area contributed by atoms with Crippen molar-refractivity contribution >= 4 is 38.9 Å². The van der Waals surface area contributed by atoms with Gasteiger partial charge in [-0.05, 0) is 55.8 Å². The molecular weight excluding hydrogens is 330 g/mol. The van der Waals surface area contributed by atoms with Crippen LogP contribution in [0.5, 0.6) is 0 Å². The lowest BCUT2D eigenvalue weighted by molar-refractivity contribution is 0.0956. The Kier molecular flexibility index (Phi) is 4.85. The van der Waals surface area contributed by atoms with Gasteiger partial charge in [-0.1, -0.05) is 15.9 Å². The Morgan fingerprint density at radius 1 is 1.19 bits per heavy atom. The van der Waals surface area contributed by atoms with Crippen molar-refractivity contribution in [3.63, 3.8) is 0 Å². The molecule has 0 radical (unpaired) electrons. The zero-order valence-electron chi connectivity index (χ0n) is 12.0. The highest BCUT2D eigenvalue weighted by molar-refractivity contribution is 9.10. The molecule has 0 aliphatic heterocycles. The van der Waals surface area contributed by atoms with Crippen molar-refractivity contribution in [2.75, 3.05) is 17.6 Å². The third kappa shape index (κ3) is 3.76. The van der Waals surface area contributed by atoms with Gasteiger partial charge in [0.1, 0.15) is 0 Å². The summed E-state index contributed by atoms with van der Waals surface area (Å²) in [5.74, 6) is -0.115. The molecule has 0 atom stereocenters. The molecule has 0 aliphatic carbocycles. The Hall–Kier alpha value is -2.01. The molecule has 21 heavy (non-hydrogen) atoms. The lowest BCUT2D eigenvalue weighted by Crippen LogP contribution is -2.22. The largest absolute Gasteiger partial charge is 0.397 e. The Labute approximate surface area is 132 Å². The van der Waals surface area contributed by atoms with Gasteiger partial charge in [0.05, 0.1) is 11.4 Å². The number of anilines is 3. The summed E-state index contributed by atoms with van der Waals surface area (Å²) in [6.45, 7) is 4.50. The molecule has 0 saturated heterocycles. The minimum Gasteiger partial charge on any atom is -0.397 e. The smallest absolute Gasteiger partial charge is 0.251 e. The van der Waals surface area contributed by atoms with Crippen molar-refractivity contribution in [2.24, 2.45) is 0 Å². The second-order valence-electron chi connectivity index (χ2n) is 4.75. The molecule has 2 aromatic rings. The summed E-state index contributed by atoms with van der Waals surface area (Å²) >= 11 is 3.44. The van der Waals surface area contributed by atoms with Crippen LogP contribution in [0.4, 0.5) is 17.1 Å². The summed E-state index contributed by atoms with van der Waals surface area (Å²) < 4.78 is 1.03. The molecule has 4 N–H and O–H groups in total. The quantitative estimate of drug-likeness (QED) is 0.736. The molecule has 0 aliphatic rings. The van der Waals surface area contributed by atoms with Gasteiger partial charge >= 0.3 is 0 Å². The number of hydrogen-bond donors (Lipinski definition) is 3. The number of halogens is 1. The van der Waals surface area contributed by atoms with Gasteiger partial charge in [0.25, 0.3) is 5.91 Å². The van der Waals surface area contributed by atoms with E-state index in [4.69, 9.17) is 5.73 Å². The highest BCUT2D eigenvalue weighted by Gasteiger charge is 2.08. The maximum absolute atomic E-state index is 11.8. The summed E-state index contributed by atoms with van der Waals surface area (Å²) in [5.41, 5.74) is 10.0. The van der Waals surface area contributed by atoms with Crippen LogP contribution >= 0.6 is 15.9 Å². The zero-order valence-corrected chi connectivity index (χ0v) is 13.6. The molecule has 0 heterocycles. The predicted octanol–water partition coefficient (Wildman–Crippen LogP) is 3.83. The van der Waals surface area contributed by atoms with Gasteiger partial charge in [0, 0.05) is 22.3 Å². The number of benzene rings is 2. The van der Waals surface area contributed by atoms with E-state index in [0.29, 0.717) is 17.8 Å². The van der Waals surface area contributed by atoms with E-state index in [-0.39, 0.29) is 5.91 Å². The van der Waals surface area contributed by atoms with Crippen LogP contribution in [0, 0.1) is 6.92 Å². The van der Waals surface area contributed by atoms with Gasteiger partial charge in [0.15, 0.2) is 0 Å². The maximum Gasteiger partial charge on any atom is 0.251 e. The Balaban J connectivity index is 2.23. The molecule has 0 spiro atoms. The van der Waals surface area contributed by atoms with Crippen LogP contribution in [-0.4, -0.2) is 12.5 Å². The second-order valence-corrected chi connectivity index (χ2v) is 5.66. The van der Waals surface area contributed by atoms with Crippen LogP contribution in [0.1, 0.15) is 22.8 Å². The first-order chi connectivity index (χ1) is 10.0. The first kappa shape index (κ1) is 15.4. The molecule has 0 bridgehead atoms. The third-order valence-corrected chi connectivity index (χ3v) is 3.60. The molecular formula is C16H18BrN3O. The predicted molar refractivity (Wildman–Crippen MR) is 91.0 cm³/mol. The Morgan fingerprint density at radius 3 is 2.52 bits per heavy atom. The molecule has 2 aromatic carbocycles. The number of nitrogens with two attached hydrogens (primary N) is 1. The van der Waals surface area contributed by atoms with Crippen LogP contribution in [0.25, 0.3) is 0 Å². The van der Waals surface area contributed by atoms with E-state index in [0.717, 1.165) is 21.4 Å². The van der Waals surface area contributed by atoms with Crippen LogP contribution < -0.4 is 16.4 Å². The molecule has 0 saturated carbocycles. The maximum atomic E-state index is 11.8. The SMILES string of the molecule is CCNC(=O)c1ccc(Nc2ccc(Br)cc2C)c(N)c1. The highest BCUT2D eigenvalue weighted by Crippen LogP contribution is 2.27. The average molecular weight is 348 g/mol. The van der Waals surface area contributed by atoms with Crippen LogP contribution in [0.3, 0.4) is 0 Å². The zero-order chi connectivity index (χ0) is 15.4.